The first-order valence-corrected chi connectivity index (χ1v) is 8.04. The van der Waals surface area contributed by atoms with Crippen LogP contribution in [0, 0.1) is 0 Å². The third kappa shape index (κ3) is 3.02. The lowest BCUT2D eigenvalue weighted by molar-refractivity contribution is 0.103. The lowest BCUT2D eigenvalue weighted by Crippen LogP contribution is -2.13. The van der Waals surface area contributed by atoms with Crippen LogP contribution in [0.5, 0.6) is 0 Å². The summed E-state index contributed by atoms with van der Waals surface area (Å²) in [6, 6.07) is 8.93. The van der Waals surface area contributed by atoms with Crippen LogP contribution < -0.4 is 5.32 Å². The van der Waals surface area contributed by atoms with Gasteiger partial charge in [0.15, 0.2) is 0 Å². The molecule has 2 heterocycles. The van der Waals surface area contributed by atoms with E-state index in [0.29, 0.717) is 15.6 Å². The largest absolute Gasteiger partial charge is 0.319 e. The Kier molecular flexibility index (Phi) is 4.10. The van der Waals surface area contributed by atoms with Crippen LogP contribution in [0.1, 0.15) is 9.67 Å². The fraction of sp³-hybridized carbons (Fsp3) is 0. The van der Waals surface area contributed by atoms with Crippen molar-refractivity contribution in [2.24, 2.45) is 0 Å². The molecule has 0 fully saturated rings. The van der Waals surface area contributed by atoms with Crippen molar-refractivity contribution < 1.29 is 4.79 Å². The fourth-order valence-electron chi connectivity index (χ4n) is 1.85. The molecule has 7 heteroatoms. The molecule has 3 rings (SSSR count). The van der Waals surface area contributed by atoms with E-state index in [1.165, 1.54) is 11.3 Å². The van der Waals surface area contributed by atoms with Crippen LogP contribution in [-0.2, 0) is 0 Å². The zero-order valence-electron chi connectivity index (χ0n) is 10.6. The molecule has 0 atom stereocenters. The molecular weight excluding hydrogens is 374 g/mol. The lowest BCUT2D eigenvalue weighted by atomic mass is 10.2. The van der Waals surface area contributed by atoms with Gasteiger partial charge in [0.2, 0.25) is 0 Å². The monoisotopic (exact) mass is 381 g/mol. The van der Waals surface area contributed by atoms with Crippen LogP contribution in [0.4, 0.5) is 5.69 Å². The standard InChI is InChI=1S/C14H9BrClN3OS/c15-10-4-7-21-13(10)14(20)18-11-8-9(16)2-3-12(11)19-6-1-5-17-19/h1-8H,(H,18,20). The van der Waals surface area contributed by atoms with E-state index in [0.717, 1.165) is 10.2 Å². The highest BCUT2D eigenvalue weighted by atomic mass is 79.9. The highest BCUT2D eigenvalue weighted by molar-refractivity contribution is 9.10. The zero-order chi connectivity index (χ0) is 14.8. The molecule has 0 radical (unpaired) electrons. The van der Waals surface area contributed by atoms with E-state index in [2.05, 4.69) is 26.3 Å². The Hall–Kier alpha value is -1.63. The molecule has 4 nitrogen and oxygen atoms in total. The lowest BCUT2D eigenvalue weighted by Gasteiger charge is -2.11. The van der Waals surface area contributed by atoms with Crippen LogP contribution in [0.25, 0.3) is 5.69 Å². The fourth-order valence-corrected chi connectivity index (χ4v) is 3.47. The second-order valence-electron chi connectivity index (χ2n) is 4.16. The van der Waals surface area contributed by atoms with E-state index in [9.17, 15) is 4.79 Å². The molecule has 21 heavy (non-hydrogen) atoms. The third-order valence-corrected chi connectivity index (χ3v) is 4.85. The summed E-state index contributed by atoms with van der Waals surface area (Å²) >= 11 is 10.8. The molecular formula is C14H9BrClN3OS. The number of aromatic nitrogens is 2. The molecule has 0 aliphatic carbocycles. The molecule has 1 amide bonds. The topological polar surface area (TPSA) is 46.9 Å². The summed E-state index contributed by atoms with van der Waals surface area (Å²) in [7, 11) is 0. The zero-order valence-corrected chi connectivity index (χ0v) is 13.7. The minimum atomic E-state index is -0.187. The van der Waals surface area contributed by atoms with Crippen LogP contribution in [-0.4, -0.2) is 15.7 Å². The molecule has 0 bridgehead atoms. The molecule has 0 saturated carbocycles. The number of halogens is 2. The van der Waals surface area contributed by atoms with Crippen molar-refractivity contribution in [2.75, 3.05) is 5.32 Å². The molecule has 0 aliphatic rings. The third-order valence-electron chi connectivity index (χ3n) is 2.78. The maximum Gasteiger partial charge on any atom is 0.266 e. The van der Waals surface area contributed by atoms with E-state index in [1.54, 1.807) is 29.2 Å². The molecule has 2 aromatic heterocycles. The highest BCUT2D eigenvalue weighted by Crippen LogP contribution is 2.27. The second kappa shape index (κ2) is 6.01. The van der Waals surface area contributed by atoms with Gasteiger partial charge in [-0.15, -0.1) is 11.3 Å². The average molecular weight is 383 g/mol. The Bertz CT molecular complexity index is 785. The number of hydrogen-bond donors (Lipinski definition) is 1. The molecule has 1 aromatic carbocycles. The van der Waals surface area contributed by atoms with Crippen molar-refractivity contribution in [1.82, 2.24) is 9.78 Å². The first-order chi connectivity index (χ1) is 10.1. The number of thiophene rings is 1. The average Bonchev–Trinajstić information content (AvgIpc) is 3.10. The van der Waals surface area contributed by atoms with Crippen molar-refractivity contribution in [1.29, 1.82) is 0 Å². The number of carbonyl (C=O) groups is 1. The van der Waals surface area contributed by atoms with E-state index in [1.807, 2.05) is 23.6 Å². The van der Waals surface area contributed by atoms with Gasteiger partial charge in [-0.1, -0.05) is 11.6 Å². The summed E-state index contributed by atoms with van der Waals surface area (Å²) in [5.74, 6) is -0.187. The first kappa shape index (κ1) is 14.3. The van der Waals surface area contributed by atoms with Gasteiger partial charge in [0.05, 0.1) is 11.4 Å². The van der Waals surface area contributed by atoms with E-state index < -0.39 is 0 Å². The number of amides is 1. The maximum absolute atomic E-state index is 12.3. The van der Waals surface area contributed by atoms with Gasteiger partial charge in [-0.25, -0.2) is 4.68 Å². The molecule has 0 unspecified atom stereocenters. The Labute approximate surface area is 138 Å². The summed E-state index contributed by atoms with van der Waals surface area (Å²) in [6.07, 6.45) is 3.48. The summed E-state index contributed by atoms with van der Waals surface area (Å²) in [5, 5.41) is 9.46. The molecule has 1 N–H and O–H groups in total. The second-order valence-corrected chi connectivity index (χ2v) is 6.37. The van der Waals surface area contributed by atoms with Gasteiger partial charge in [-0.05, 0) is 51.6 Å². The molecule has 0 spiro atoms. The number of nitrogens with zero attached hydrogens (tertiary/aromatic N) is 2. The number of hydrogen-bond acceptors (Lipinski definition) is 3. The number of rotatable bonds is 3. The predicted molar refractivity (Wildman–Crippen MR) is 88.5 cm³/mol. The molecule has 3 aromatic rings. The van der Waals surface area contributed by atoms with Crippen LogP contribution in [0.15, 0.2) is 52.6 Å². The van der Waals surface area contributed by atoms with Gasteiger partial charge < -0.3 is 5.32 Å². The quantitative estimate of drug-likeness (QED) is 0.719. The van der Waals surface area contributed by atoms with Crippen LogP contribution in [0.2, 0.25) is 5.02 Å². The van der Waals surface area contributed by atoms with Gasteiger partial charge >= 0.3 is 0 Å². The maximum atomic E-state index is 12.3. The number of anilines is 1. The summed E-state index contributed by atoms with van der Waals surface area (Å²) < 4.78 is 2.45. The van der Waals surface area contributed by atoms with E-state index in [4.69, 9.17) is 11.6 Å². The highest BCUT2D eigenvalue weighted by Gasteiger charge is 2.14. The molecule has 0 aliphatic heterocycles. The Morgan fingerprint density at radius 3 is 2.90 bits per heavy atom. The predicted octanol–water partition coefficient (Wildman–Crippen LogP) is 4.60. The van der Waals surface area contributed by atoms with E-state index >= 15 is 0 Å². The van der Waals surface area contributed by atoms with Crippen LogP contribution in [0.3, 0.4) is 0 Å². The Morgan fingerprint density at radius 1 is 1.38 bits per heavy atom. The van der Waals surface area contributed by atoms with Gasteiger partial charge in [0, 0.05) is 21.9 Å². The normalized spacial score (nSPS) is 10.6. The SMILES string of the molecule is O=C(Nc1cc(Cl)ccc1-n1cccn1)c1sccc1Br. The van der Waals surface area contributed by atoms with Crippen molar-refractivity contribution >= 4 is 50.5 Å². The van der Waals surface area contributed by atoms with Crippen molar-refractivity contribution in [3.8, 4) is 5.69 Å². The van der Waals surface area contributed by atoms with Gasteiger partial charge in [-0.2, -0.15) is 5.10 Å². The smallest absolute Gasteiger partial charge is 0.266 e. The first-order valence-electron chi connectivity index (χ1n) is 5.99. The van der Waals surface area contributed by atoms with E-state index in [-0.39, 0.29) is 5.91 Å². The van der Waals surface area contributed by atoms with Crippen molar-refractivity contribution in [2.45, 2.75) is 0 Å². The van der Waals surface area contributed by atoms with Gasteiger partial charge in [-0.3, -0.25) is 4.79 Å². The summed E-state index contributed by atoms with van der Waals surface area (Å²) in [5.41, 5.74) is 1.36. The Balaban J connectivity index is 1.97. The number of carbonyl (C=O) groups excluding carboxylic acids is 1. The van der Waals surface area contributed by atoms with Crippen molar-refractivity contribution in [3.05, 3.63) is 62.5 Å². The Morgan fingerprint density at radius 2 is 2.24 bits per heavy atom. The van der Waals surface area contributed by atoms with Gasteiger partial charge in [0.1, 0.15) is 4.88 Å². The minimum Gasteiger partial charge on any atom is -0.319 e. The molecule has 0 saturated heterocycles. The summed E-state index contributed by atoms with van der Waals surface area (Å²) in [6.45, 7) is 0. The number of benzene rings is 1. The van der Waals surface area contributed by atoms with Crippen molar-refractivity contribution in [3.63, 3.8) is 0 Å². The van der Waals surface area contributed by atoms with Gasteiger partial charge in [0.25, 0.3) is 5.91 Å². The summed E-state index contributed by atoms with van der Waals surface area (Å²) in [4.78, 5) is 12.9. The number of nitrogens with one attached hydrogen (secondary N) is 1. The van der Waals surface area contributed by atoms with Crippen LogP contribution >= 0.6 is 38.9 Å². The minimum absolute atomic E-state index is 0.187. The molecule has 106 valence electrons.